The Balaban J connectivity index is 2.31. The zero-order chi connectivity index (χ0) is 13.3. The smallest absolute Gasteiger partial charge is 0.415 e. The van der Waals surface area contributed by atoms with Crippen molar-refractivity contribution in [2.24, 2.45) is 0 Å². The van der Waals surface area contributed by atoms with E-state index in [1.165, 1.54) is 4.90 Å². The number of fused-ring (bicyclic) bond motifs is 1. The van der Waals surface area contributed by atoms with Crippen molar-refractivity contribution in [1.29, 1.82) is 0 Å². The number of imidazole rings is 1. The summed E-state index contributed by atoms with van der Waals surface area (Å²) in [5.41, 5.74) is 0.0807. The number of amides is 1. The van der Waals surface area contributed by atoms with E-state index in [9.17, 15) is 4.79 Å². The van der Waals surface area contributed by atoms with Crippen molar-refractivity contribution in [2.75, 3.05) is 11.9 Å². The molecule has 0 saturated heterocycles. The fourth-order valence-corrected chi connectivity index (χ4v) is 1.49. The molecule has 0 aliphatic heterocycles. The van der Waals surface area contributed by atoms with E-state index in [0.717, 1.165) is 0 Å². The summed E-state index contributed by atoms with van der Waals surface area (Å²) < 4.78 is 7.08. The molecule has 18 heavy (non-hydrogen) atoms. The van der Waals surface area contributed by atoms with Gasteiger partial charge in [-0.1, -0.05) is 0 Å². The number of hydrogen-bond acceptors (Lipinski definition) is 4. The number of aromatic nitrogens is 3. The summed E-state index contributed by atoms with van der Waals surface area (Å²) in [5, 5.41) is 0. The average molecular weight is 248 g/mol. The Morgan fingerprint density at radius 1 is 1.28 bits per heavy atom. The highest BCUT2D eigenvalue weighted by Gasteiger charge is 2.22. The number of ether oxygens (including phenoxy) is 1. The second kappa shape index (κ2) is 4.29. The summed E-state index contributed by atoms with van der Waals surface area (Å²) in [5.74, 6) is 0.469. The van der Waals surface area contributed by atoms with Gasteiger partial charge in [0.2, 0.25) is 0 Å². The number of anilines is 1. The normalized spacial score (nSPS) is 11.6. The first-order valence-electron chi connectivity index (χ1n) is 5.63. The maximum atomic E-state index is 12.0. The van der Waals surface area contributed by atoms with Crippen molar-refractivity contribution in [1.82, 2.24) is 14.4 Å². The standard InChI is InChI=1S/C12H16N4O2/c1-12(2,3)18-11(17)15(4)9-10-14-6-8-16(10)7-5-13-9/h5-8H,1-4H3. The van der Waals surface area contributed by atoms with Crippen LogP contribution in [-0.4, -0.2) is 33.1 Å². The van der Waals surface area contributed by atoms with Crippen LogP contribution in [0.3, 0.4) is 0 Å². The largest absolute Gasteiger partial charge is 0.443 e. The van der Waals surface area contributed by atoms with Crippen LogP contribution in [0, 0.1) is 0 Å². The molecule has 0 aliphatic rings. The lowest BCUT2D eigenvalue weighted by Crippen LogP contribution is -2.34. The maximum absolute atomic E-state index is 12.0. The average Bonchev–Trinajstić information content (AvgIpc) is 2.73. The van der Waals surface area contributed by atoms with Crippen LogP contribution in [0.15, 0.2) is 24.8 Å². The van der Waals surface area contributed by atoms with Gasteiger partial charge in [0.05, 0.1) is 0 Å². The van der Waals surface area contributed by atoms with E-state index < -0.39 is 11.7 Å². The van der Waals surface area contributed by atoms with Gasteiger partial charge in [0.15, 0.2) is 11.5 Å². The highest BCUT2D eigenvalue weighted by atomic mass is 16.6. The predicted molar refractivity (Wildman–Crippen MR) is 67.6 cm³/mol. The molecule has 2 aromatic rings. The third kappa shape index (κ3) is 2.42. The highest BCUT2D eigenvalue weighted by Crippen LogP contribution is 2.18. The minimum atomic E-state index is -0.536. The van der Waals surface area contributed by atoms with E-state index in [4.69, 9.17) is 4.74 Å². The van der Waals surface area contributed by atoms with E-state index in [0.29, 0.717) is 11.5 Å². The lowest BCUT2D eigenvalue weighted by atomic mass is 10.2. The Hall–Kier alpha value is -2.11. The molecule has 2 rings (SSSR count). The van der Waals surface area contributed by atoms with E-state index in [2.05, 4.69) is 9.97 Å². The van der Waals surface area contributed by atoms with Gasteiger partial charge in [0.1, 0.15) is 5.60 Å². The zero-order valence-corrected chi connectivity index (χ0v) is 10.9. The van der Waals surface area contributed by atoms with E-state index in [1.807, 2.05) is 20.8 Å². The topological polar surface area (TPSA) is 59.7 Å². The minimum Gasteiger partial charge on any atom is -0.443 e. The van der Waals surface area contributed by atoms with Crippen LogP contribution in [0.5, 0.6) is 0 Å². The molecule has 0 aromatic carbocycles. The molecule has 6 nitrogen and oxygen atoms in total. The van der Waals surface area contributed by atoms with Gasteiger partial charge in [-0.25, -0.2) is 14.8 Å². The number of hydrogen-bond donors (Lipinski definition) is 0. The summed E-state index contributed by atoms with van der Waals surface area (Å²) in [4.78, 5) is 21.6. The van der Waals surface area contributed by atoms with Gasteiger partial charge >= 0.3 is 6.09 Å². The van der Waals surface area contributed by atoms with Crippen LogP contribution in [0.4, 0.5) is 10.6 Å². The van der Waals surface area contributed by atoms with Crippen molar-refractivity contribution in [2.45, 2.75) is 26.4 Å². The molecule has 0 radical (unpaired) electrons. The molecule has 0 N–H and O–H groups in total. The molecule has 0 atom stereocenters. The van der Waals surface area contributed by atoms with E-state index in [-0.39, 0.29) is 0 Å². The van der Waals surface area contributed by atoms with Gasteiger partial charge in [-0.15, -0.1) is 0 Å². The van der Waals surface area contributed by atoms with Gasteiger partial charge in [0.25, 0.3) is 0 Å². The molecule has 1 amide bonds. The Morgan fingerprint density at radius 2 is 1.89 bits per heavy atom. The second-order valence-corrected chi connectivity index (χ2v) is 4.95. The zero-order valence-electron chi connectivity index (χ0n) is 10.9. The van der Waals surface area contributed by atoms with E-state index >= 15 is 0 Å². The molecule has 0 aliphatic carbocycles. The predicted octanol–water partition coefficient (Wildman–Crippen LogP) is 2.10. The Bertz CT molecular complexity index is 571. The monoisotopic (exact) mass is 248 g/mol. The summed E-state index contributed by atoms with van der Waals surface area (Å²) >= 11 is 0. The van der Waals surface area contributed by atoms with Gasteiger partial charge in [-0.05, 0) is 20.8 Å². The summed E-state index contributed by atoms with van der Waals surface area (Å²) in [6.07, 6.45) is 6.39. The Labute approximate surface area is 105 Å². The number of carbonyl (C=O) groups excluding carboxylic acids is 1. The lowest BCUT2D eigenvalue weighted by molar-refractivity contribution is 0.0588. The van der Waals surface area contributed by atoms with Crippen LogP contribution < -0.4 is 4.90 Å². The van der Waals surface area contributed by atoms with Crippen molar-refractivity contribution in [3.05, 3.63) is 24.8 Å². The van der Waals surface area contributed by atoms with Crippen molar-refractivity contribution < 1.29 is 9.53 Å². The van der Waals surface area contributed by atoms with Gasteiger partial charge in [0, 0.05) is 31.8 Å². The minimum absolute atomic E-state index is 0.453. The number of nitrogens with zero attached hydrogens (tertiary/aromatic N) is 4. The molecule has 0 saturated carbocycles. The number of rotatable bonds is 1. The third-order valence-corrected chi connectivity index (χ3v) is 2.28. The van der Waals surface area contributed by atoms with Crippen molar-refractivity contribution >= 4 is 17.6 Å². The lowest BCUT2D eigenvalue weighted by Gasteiger charge is -2.24. The van der Waals surface area contributed by atoms with Crippen LogP contribution in [0.2, 0.25) is 0 Å². The van der Waals surface area contributed by atoms with Crippen LogP contribution in [0.25, 0.3) is 5.65 Å². The van der Waals surface area contributed by atoms with Gasteiger partial charge in [-0.3, -0.25) is 4.90 Å². The fourth-order valence-electron chi connectivity index (χ4n) is 1.49. The van der Waals surface area contributed by atoms with Crippen molar-refractivity contribution in [3.8, 4) is 0 Å². The summed E-state index contributed by atoms with van der Waals surface area (Å²) in [6, 6.07) is 0. The van der Waals surface area contributed by atoms with Crippen LogP contribution in [-0.2, 0) is 4.74 Å². The van der Waals surface area contributed by atoms with Crippen LogP contribution in [0.1, 0.15) is 20.8 Å². The highest BCUT2D eigenvalue weighted by molar-refractivity contribution is 5.90. The molecular weight excluding hydrogens is 232 g/mol. The molecule has 0 spiro atoms. The van der Waals surface area contributed by atoms with Gasteiger partial charge in [-0.2, -0.15) is 0 Å². The molecule has 2 heterocycles. The molecule has 96 valence electrons. The summed E-state index contributed by atoms with van der Waals surface area (Å²) in [7, 11) is 1.62. The molecule has 2 aromatic heterocycles. The Kier molecular flexibility index (Phi) is 2.94. The fraction of sp³-hybridized carbons (Fsp3) is 0.417. The molecular formula is C12H16N4O2. The first-order valence-corrected chi connectivity index (χ1v) is 5.63. The van der Waals surface area contributed by atoms with Crippen molar-refractivity contribution in [3.63, 3.8) is 0 Å². The Morgan fingerprint density at radius 3 is 2.50 bits per heavy atom. The van der Waals surface area contributed by atoms with E-state index in [1.54, 1.807) is 36.2 Å². The SMILES string of the molecule is CN(C(=O)OC(C)(C)C)c1nccn2ccnc12. The quantitative estimate of drug-likeness (QED) is 0.775. The maximum Gasteiger partial charge on any atom is 0.415 e. The molecule has 6 heteroatoms. The van der Waals surface area contributed by atoms with Gasteiger partial charge < -0.3 is 9.14 Å². The molecule has 0 fully saturated rings. The first-order chi connectivity index (χ1) is 8.38. The molecule has 0 unspecified atom stereocenters. The third-order valence-electron chi connectivity index (χ3n) is 2.28. The molecule has 0 bridgehead atoms. The van der Waals surface area contributed by atoms with Crippen LogP contribution >= 0.6 is 0 Å². The second-order valence-electron chi connectivity index (χ2n) is 4.95. The number of carbonyl (C=O) groups is 1. The summed E-state index contributed by atoms with van der Waals surface area (Å²) in [6.45, 7) is 5.47. The first kappa shape index (κ1) is 12.3.